The Morgan fingerprint density at radius 1 is 1.32 bits per heavy atom. The minimum Gasteiger partial charge on any atom is -0.350 e. The minimum atomic E-state index is -0.941. The molecular formula is C18H24N4O2S. The molecule has 1 aromatic heterocycles. The SMILES string of the molecule is Cn1ccnc(N2CCC[C@H](NCc3ccc([S@](C)=O)cc3)C2)c1=O. The average Bonchev–Trinajstić information content (AvgIpc) is 2.63. The van der Waals surface area contributed by atoms with Crippen molar-refractivity contribution in [1.29, 1.82) is 0 Å². The van der Waals surface area contributed by atoms with Crippen molar-refractivity contribution >= 4 is 16.6 Å². The van der Waals surface area contributed by atoms with Crippen molar-refractivity contribution < 1.29 is 4.21 Å². The number of hydrogen-bond donors (Lipinski definition) is 1. The Hall–Kier alpha value is -1.99. The number of nitrogens with one attached hydrogen (secondary N) is 1. The largest absolute Gasteiger partial charge is 0.350 e. The van der Waals surface area contributed by atoms with Crippen molar-refractivity contribution in [2.24, 2.45) is 7.05 Å². The third-order valence-corrected chi connectivity index (χ3v) is 5.51. The van der Waals surface area contributed by atoms with Gasteiger partial charge in [0.2, 0.25) is 0 Å². The molecule has 0 radical (unpaired) electrons. The summed E-state index contributed by atoms with van der Waals surface area (Å²) in [6.45, 7) is 2.40. The third-order valence-electron chi connectivity index (χ3n) is 4.57. The highest BCUT2D eigenvalue weighted by Crippen LogP contribution is 2.15. The molecular weight excluding hydrogens is 336 g/mol. The smallest absolute Gasteiger partial charge is 0.293 e. The first-order chi connectivity index (χ1) is 12.0. The molecule has 1 aliphatic rings. The van der Waals surface area contributed by atoms with Gasteiger partial charge in [-0.3, -0.25) is 9.00 Å². The van der Waals surface area contributed by atoms with Gasteiger partial charge in [0, 0.05) is 67.1 Å². The van der Waals surface area contributed by atoms with E-state index in [9.17, 15) is 9.00 Å². The van der Waals surface area contributed by atoms with Crippen LogP contribution in [-0.4, -0.2) is 39.1 Å². The number of anilines is 1. The molecule has 25 heavy (non-hydrogen) atoms. The van der Waals surface area contributed by atoms with Crippen molar-refractivity contribution in [3.05, 3.63) is 52.6 Å². The Labute approximate surface area is 150 Å². The number of aromatic nitrogens is 2. The lowest BCUT2D eigenvalue weighted by Gasteiger charge is -2.33. The zero-order valence-corrected chi connectivity index (χ0v) is 15.5. The van der Waals surface area contributed by atoms with E-state index in [4.69, 9.17) is 0 Å². The fraction of sp³-hybridized carbons (Fsp3) is 0.444. The Morgan fingerprint density at radius 2 is 2.08 bits per heavy atom. The van der Waals surface area contributed by atoms with Crippen LogP contribution in [-0.2, 0) is 24.4 Å². The molecule has 0 bridgehead atoms. The summed E-state index contributed by atoms with van der Waals surface area (Å²) in [6, 6.07) is 8.17. The van der Waals surface area contributed by atoms with Crippen molar-refractivity contribution in [2.45, 2.75) is 30.3 Å². The molecule has 1 saturated heterocycles. The highest BCUT2D eigenvalue weighted by Gasteiger charge is 2.22. The molecule has 2 heterocycles. The quantitative estimate of drug-likeness (QED) is 0.870. The number of aryl methyl sites for hydroxylation is 1. The lowest BCUT2D eigenvalue weighted by Crippen LogP contribution is -2.47. The maximum absolute atomic E-state index is 12.3. The second kappa shape index (κ2) is 7.93. The van der Waals surface area contributed by atoms with Crippen molar-refractivity contribution in [3.8, 4) is 0 Å². The zero-order chi connectivity index (χ0) is 17.8. The molecule has 1 aromatic carbocycles. The third kappa shape index (κ3) is 4.35. The molecule has 2 atom stereocenters. The lowest BCUT2D eigenvalue weighted by molar-refractivity contribution is 0.419. The van der Waals surface area contributed by atoms with Crippen LogP contribution in [0, 0.1) is 0 Å². The van der Waals surface area contributed by atoms with Gasteiger partial charge in [0.25, 0.3) is 5.56 Å². The standard InChI is InChI=1S/C18H24N4O2S/c1-21-11-9-19-17(18(21)23)22-10-3-4-15(13-22)20-12-14-5-7-16(8-6-14)25(2)24/h5-9,11,15,20H,3-4,10,12-13H2,1-2H3/t15-,25-/m0/s1. The monoisotopic (exact) mass is 360 g/mol. The van der Waals surface area contributed by atoms with Crippen LogP contribution in [0.5, 0.6) is 0 Å². The van der Waals surface area contributed by atoms with E-state index in [0.29, 0.717) is 11.9 Å². The number of rotatable bonds is 5. The van der Waals surface area contributed by atoms with Gasteiger partial charge in [-0.1, -0.05) is 12.1 Å². The van der Waals surface area contributed by atoms with E-state index in [1.807, 2.05) is 24.3 Å². The molecule has 6 nitrogen and oxygen atoms in total. The van der Waals surface area contributed by atoms with Crippen molar-refractivity contribution in [2.75, 3.05) is 24.2 Å². The van der Waals surface area contributed by atoms with Crippen LogP contribution in [0.3, 0.4) is 0 Å². The van der Waals surface area contributed by atoms with E-state index in [2.05, 4.69) is 15.2 Å². The predicted octanol–water partition coefficient (Wildman–Crippen LogP) is 1.28. The second-order valence-corrected chi connectivity index (χ2v) is 7.81. The first-order valence-electron chi connectivity index (χ1n) is 8.47. The predicted molar refractivity (Wildman–Crippen MR) is 100 cm³/mol. The van der Waals surface area contributed by atoms with Crippen LogP contribution < -0.4 is 15.8 Å². The second-order valence-electron chi connectivity index (χ2n) is 6.43. The van der Waals surface area contributed by atoms with Crippen LogP contribution in [0.15, 0.2) is 46.3 Å². The summed E-state index contributed by atoms with van der Waals surface area (Å²) in [6.07, 6.45) is 7.16. The van der Waals surface area contributed by atoms with Gasteiger partial charge in [0.1, 0.15) is 0 Å². The summed E-state index contributed by atoms with van der Waals surface area (Å²) in [4.78, 5) is 19.5. The molecule has 7 heteroatoms. The van der Waals surface area contributed by atoms with Gasteiger partial charge in [-0.05, 0) is 30.5 Å². The van der Waals surface area contributed by atoms with Crippen LogP contribution >= 0.6 is 0 Å². The summed E-state index contributed by atoms with van der Waals surface area (Å²) in [5.41, 5.74) is 1.12. The highest BCUT2D eigenvalue weighted by molar-refractivity contribution is 7.84. The van der Waals surface area contributed by atoms with Crippen molar-refractivity contribution in [1.82, 2.24) is 14.9 Å². The number of nitrogens with zero attached hydrogens (tertiary/aromatic N) is 3. The number of piperidine rings is 1. The number of benzene rings is 1. The Morgan fingerprint density at radius 3 is 2.80 bits per heavy atom. The molecule has 0 amide bonds. The van der Waals surface area contributed by atoms with E-state index in [1.54, 1.807) is 30.3 Å². The molecule has 1 aliphatic heterocycles. The highest BCUT2D eigenvalue weighted by atomic mass is 32.2. The Bertz CT molecular complexity index is 803. The zero-order valence-electron chi connectivity index (χ0n) is 14.6. The summed E-state index contributed by atoms with van der Waals surface area (Å²) < 4.78 is 13.0. The minimum absolute atomic E-state index is 0.0497. The molecule has 134 valence electrons. The Balaban J connectivity index is 1.61. The van der Waals surface area contributed by atoms with Gasteiger partial charge in [-0.15, -0.1) is 0 Å². The molecule has 1 N–H and O–H groups in total. The van der Waals surface area contributed by atoms with E-state index in [1.165, 1.54) is 5.56 Å². The summed E-state index contributed by atoms with van der Waals surface area (Å²) in [7, 11) is 0.809. The average molecular weight is 360 g/mol. The fourth-order valence-corrected chi connectivity index (χ4v) is 3.62. The van der Waals surface area contributed by atoms with Gasteiger partial charge in [-0.2, -0.15) is 0 Å². The van der Waals surface area contributed by atoms with Gasteiger partial charge in [0.05, 0.1) is 0 Å². The first-order valence-corrected chi connectivity index (χ1v) is 10.0. The summed E-state index contributed by atoms with van der Waals surface area (Å²) in [5, 5.41) is 3.57. The van der Waals surface area contributed by atoms with Crippen LogP contribution in [0.25, 0.3) is 0 Å². The van der Waals surface area contributed by atoms with Gasteiger partial charge >= 0.3 is 0 Å². The van der Waals surface area contributed by atoms with E-state index in [0.717, 1.165) is 37.4 Å². The first kappa shape index (κ1) is 17.8. The molecule has 1 fully saturated rings. The molecule has 3 rings (SSSR count). The fourth-order valence-electron chi connectivity index (χ4n) is 3.10. The molecule has 0 aliphatic carbocycles. The van der Waals surface area contributed by atoms with Crippen LogP contribution in [0.1, 0.15) is 18.4 Å². The van der Waals surface area contributed by atoms with E-state index < -0.39 is 10.8 Å². The Kier molecular flexibility index (Phi) is 5.65. The maximum Gasteiger partial charge on any atom is 0.293 e. The van der Waals surface area contributed by atoms with E-state index in [-0.39, 0.29) is 5.56 Å². The van der Waals surface area contributed by atoms with Crippen LogP contribution in [0.2, 0.25) is 0 Å². The van der Waals surface area contributed by atoms with Crippen molar-refractivity contribution in [3.63, 3.8) is 0 Å². The van der Waals surface area contributed by atoms with Gasteiger partial charge in [0.15, 0.2) is 5.82 Å². The van der Waals surface area contributed by atoms with E-state index >= 15 is 0 Å². The molecule has 0 unspecified atom stereocenters. The van der Waals surface area contributed by atoms with Gasteiger partial charge < -0.3 is 14.8 Å². The number of hydrogen-bond acceptors (Lipinski definition) is 5. The topological polar surface area (TPSA) is 67.2 Å². The molecule has 0 spiro atoms. The van der Waals surface area contributed by atoms with Crippen LogP contribution in [0.4, 0.5) is 5.82 Å². The van der Waals surface area contributed by atoms with Gasteiger partial charge in [-0.25, -0.2) is 4.98 Å². The molecule has 2 aromatic rings. The normalized spacial score (nSPS) is 19.0. The molecule has 0 saturated carbocycles. The maximum atomic E-state index is 12.3. The summed E-state index contributed by atoms with van der Waals surface area (Å²) in [5.74, 6) is 0.534. The lowest BCUT2D eigenvalue weighted by atomic mass is 10.1. The summed E-state index contributed by atoms with van der Waals surface area (Å²) >= 11 is 0.